The summed E-state index contributed by atoms with van der Waals surface area (Å²) in [7, 11) is 0. The lowest BCUT2D eigenvalue weighted by molar-refractivity contribution is -0.183. The molecule has 1 atom stereocenters. The van der Waals surface area contributed by atoms with Gasteiger partial charge in [-0.1, -0.05) is 0 Å². The molecule has 14 heavy (non-hydrogen) atoms. The van der Waals surface area contributed by atoms with E-state index in [1.807, 2.05) is 6.92 Å². The molecule has 1 saturated heterocycles. The van der Waals surface area contributed by atoms with E-state index in [0.717, 1.165) is 38.9 Å². The molecule has 1 aliphatic carbocycles. The molecule has 1 aliphatic heterocycles. The summed E-state index contributed by atoms with van der Waals surface area (Å²) < 4.78 is 11.3. The summed E-state index contributed by atoms with van der Waals surface area (Å²) in [5, 5.41) is 8.83. The number of hydrogen-bond donors (Lipinski definition) is 0. The summed E-state index contributed by atoms with van der Waals surface area (Å²) >= 11 is 0. The van der Waals surface area contributed by atoms with Gasteiger partial charge in [0, 0.05) is 18.8 Å². The molecule has 2 rings (SSSR count). The van der Waals surface area contributed by atoms with E-state index in [0.29, 0.717) is 5.92 Å². The third-order valence-electron chi connectivity index (χ3n) is 3.52. The van der Waals surface area contributed by atoms with E-state index in [4.69, 9.17) is 14.7 Å². The molecular weight excluding hydrogens is 178 g/mol. The summed E-state index contributed by atoms with van der Waals surface area (Å²) in [6.07, 6.45) is 4.05. The number of rotatable bonds is 1. The molecule has 0 radical (unpaired) electrons. The molecule has 0 amide bonds. The van der Waals surface area contributed by atoms with Crippen molar-refractivity contribution in [2.24, 2.45) is 11.8 Å². The van der Waals surface area contributed by atoms with Gasteiger partial charge in [-0.15, -0.1) is 0 Å². The molecule has 2 fully saturated rings. The zero-order chi connectivity index (χ0) is 10.0. The Labute approximate surface area is 85.0 Å². The van der Waals surface area contributed by atoms with Gasteiger partial charge in [0.1, 0.15) is 0 Å². The smallest absolute Gasteiger partial charge is 0.168 e. The van der Waals surface area contributed by atoms with E-state index in [1.165, 1.54) is 0 Å². The van der Waals surface area contributed by atoms with Crippen LogP contribution in [0.1, 0.15) is 32.6 Å². The van der Waals surface area contributed by atoms with Crippen LogP contribution < -0.4 is 0 Å². The van der Waals surface area contributed by atoms with E-state index in [-0.39, 0.29) is 11.7 Å². The predicted octanol–water partition coefficient (Wildman–Crippen LogP) is 2.08. The molecular formula is C11H17NO2. The fourth-order valence-electron chi connectivity index (χ4n) is 2.47. The highest BCUT2D eigenvalue weighted by atomic mass is 16.7. The predicted molar refractivity (Wildman–Crippen MR) is 51.4 cm³/mol. The van der Waals surface area contributed by atoms with Gasteiger partial charge in [0.05, 0.1) is 19.3 Å². The minimum Gasteiger partial charge on any atom is -0.348 e. The molecule has 0 aromatic carbocycles. The van der Waals surface area contributed by atoms with Crippen molar-refractivity contribution in [1.29, 1.82) is 5.26 Å². The molecule has 1 heterocycles. The summed E-state index contributed by atoms with van der Waals surface area (Å²) in [6, 6.07) is 2.33. The van der Waals surface area contributed by atoms with Crippen LogP contribution in [0, 0.1) is 23.2 Å². The number of nitrogens with zero attached hydrogens (tertiary/aromatic N) is 1. The molecule has 0 bridgehead atoms. The van der Waals surface area contributed by atoms with Crippen LogP contribution in [-0.2, 0) is 9.47 Å². The van der Waals surface area contributed by atoms with Crippen molar-refractivity contribution in [3.8, 4) is 6.07 Å². The Kier molecular flexibility index (Phi) is 2.76. The van der Waals surface area contributed by atoms with E-state index >= 15 is 0 Å². The fraction of sp³-hybridized carbons (Fsp3) is 0.909. The van der Waals surface area contributed by atoms with Gasteiger partial charge in [-0.05, 0) is 25.7 Å². The van der Waals surface area contributed by atoms with E-state index in [9.17, 15) is 0 Å². The minimum atomic E-state index is -0.272. The largest absolute Gasteiger partial charge is 0.348 e. The van der Waals surface area contributed by atoms with Gasteiger partial charge >= 0.3 is 0 Å². The first kappa shape index (κ1) is 9.95. The van der Waals surface area contributed by atoms with Crippen molar-refractivity contribution in [3.05, 3.63) is 0 Å². The van der Waals surface area contributed by atoms with Gasteiger partial charge in [0.15, 0.2) is 5.79 Å². The summed E-state index contributed by atoms with van der Waals surface area (Å²) in [5.41, 5.74) is 0. The van der Waals surface area contributed by atoms with Crippen molar-refractivity contribution >= 4 is 0 Å². The lowest BCUT2D eigenvalue weighted by atomic mass is 9.79. The van der Waals surface area contributed by atoms with Gasteiger partial charge in [0.25, 0.3) is 0 Å². The highest BCUT2D eigenvalue weighted by molar-refractivity contribution is 4.90. The summed E-state index contributed by atoms with van der Waals surface area (Å²) in [5.74, 6) is 0.443. The Morgan fingerprint density at radius 1 is 1.29 bits per heavy atom. The highest BCUT2D eigenvalue weighted by Crippen LogP contribution is 2.40. The standard InChI is InChI=1S/C11H17NO2/c1-9(8-12)10-2-4-11(5-3-10)13-6-7-14-11/h9-10H,2-7H2,1H3. The molecule has 78 valence electrons. The number of hydrogen-bond acceptors (Lipinski definition) is 3. The Bertz CT molecular complexity index is 230. The third-order valence-corrected chi connectivity index (χ3v) is 3.52. The van der Waals surface area contributed by atoms with Crippen LogP contribution in [0.4, 0.5) is 0 Å². The van der Waals surface area contributed by atoms with Crippen molar-refractivity contribution < 1.29 is 9.47 Å². The van der Waals surface area contributed by atoms with Crippen LogP contribution in [0.5, 0.6) is 0 Å². The maximum absolute atomic E-state index is 8.83. The molecule has 1 saturated carbocycles. The quantitative estimate of drug-likeness (QED) is 0.643. The first-order valence-corrected chi connectivity index (χ1v) is 5.43. The summed E-state index contributed by atoms with van der Waals surface area (Å²) in [4.78, 5) is 0. The highest BCUT2D eigenvalue weighted by Gasteiger charge is 2.41. The second-order valence-electron chi connectivity index (χ2n) is 4.36. The van der Waals surface area contributed by atoms with Gasteiger partial charge in [-0.25, -0.2) is 0 Å². The van der Waals surface area contributed by atoms with Gasteiger partial charge in [-0.2, -0.15) is 5.26 Å². The van der Waals surface area contributed by atoms with Crippen molar-refractivity contribution in [2.45, 2.75) is 38.4 Å². The van der Waals surface area contributed by atoms with Crippen molar-refractivity contribution in [1.82, 2.24) is 0 Å². The van der Waals surface area contributed by atoms with Crippen LogP contribution in [0.2, 0.25) is 0 Å². The SMILES string of the molecule is CC(C#N)C1CCC2(CC1)OCCO2. The molecule has 1 unspecified atom stereocenters. The minimum absolute atomic E-state index is 0.175. The Morgan fingerprint density at radius 3 is 2.36 bits per heavy atom. The maximum Gasteiger partial charge on any atom is 0.168 e. The summed E-state index contributed by atoms with van der Waals surface area (Å²) in [6.45, 7) is 3.48. The first-order valence-electron chi connectivity index (χ1n) is 5.43. The third kappa shape index (κ3) is 1.77. The van der Waals surface area contributed by atoms with E-state index in [2.05, 4.69) is 6.07 Å². The second-order valence-corrected chi connectivity index (χ2v) is 4.36. The fourth-order valence-corrected chi connectivity index (χ4v) is 2.47. The number of nitriles is 1. The first-order chi connectivity index (χ1) is 6.76. The van der Waals surface area contributed by atoms with E-state index in [1.54, 1.807) is 0 Å². The Hall–Kier alpha value is -0.590. The normalized spacial score (nSPS) is 28.9. The monoisotopic (exact) mass is 195 g/mol. The lowest BCUT2D eigenvalue weighted by Crippen LogP contribution is -2.36. The average molecular weight is 195 g/mol. The Balaban J connectivity index is 1.89. The molecule has 3 heteroatoms. The van der Waals surface area contributed by atoms with Gasteiger partial charge in [0.2, 0.25) is 0 Å². The van der Waals surface area contributed by atoms with Crippen LogP contribution in [0.25, 0.3) is 0 Å². The molecule has 0 N–H and O–H groups in total. The molecule has 0 aromatic heterocycles. The van der Waals surface area contributed by atoms with Crippen molar-refractivity contribution in [3.63, 3.8) is 0 Å². The molecule has 1 spiro atoms. The zero-order valence-electron chi connectivity index (χ0n) is 8.66. The van der Waals surface area contributed by atoms with Crippen LogP contribution in [0.3, 0.4) is 0 Å². The van der Waals surface area contributed by atoms with E-state index < -0.39 is 0 Å². The molecule has 0 aromatic rings. The van der Waals surface area contributed by atoms with Crippen LogP contribution in [0.15, 0.2) is 0 Å². The molecule has 2 aliphatic rings. The zero-order valence-corrected chi connectivity index (χ0v) is 8.66. The molecule has 3 nitrogen and oxygen atoms in total. The maximum atomic E-state index is 8.83. The second kappa shape index (κ2) is 3.88. The Morgan fingerprint density at radius 2 is 1.86 bits per heavy atom. The van der Waals surface area contributed by atoms with Crippen molar-refractivity contribution in [2.75, 3.05) is 13.2 Å². The van der Waals surface area contributed by atoms with Gasteiger partial charge < -0.3 is 9.47 Å². The van der Waals surface area contributed by atoms with Crippen LogP contribution in [-0.4, -0.2) is 19.0 Å². The lowest BCUT2D eigenvalue weighted by Gasteiger charge is -2.36. The topological polar surface area (TPSA) is 42.2 Å². The number of ether oxygens (including phenoxy) is 2. The van der Waals surface area contributed by atoms with Crippen LogP contribution >= 0.6 is 0 Å². The average Bonchev–Trinajstić information content (AvgIpc) is 2.67. The van der Waals surface area contributed by atoms with Gasteiger partial charge in [-0.3, -0.25) is 0 Å².